The van der Waals surface area contributed by atoms with E-state index in [1.54, 1.807) is 0 Å². The van der Waals surface area contributed by atoms with E-state index in [1.165, 1.54) is 6.21 Å². The molecule has 0 unspecified atom stereocenters. The van der Waals surface area contributed by atoms with Crippen LogP contribution in [0.3, 0.4) is 0 Å². The number of nitrogens with two attached hydrogens (primary N) is 1. The minimum absolute atomic E-state index is 0.672. The van der Waals surface area contributed by atoms with Crippen molar-refractivity contribution in [2.24, 2.45) is 5.73 Å². The predicted molar refractivity (Wildman–Crippen MR) is 52.0 cm³/mol. The van der Waals surface area contributed by atoms with Gasteiger partial charge in [-0.05, 0) is 18.1 Å². The highest BCUT2D eigenvalue weighted by molar-refractivity contribution is 5.87. The molecule has 0 spiro atoms. The third-order valence-electron chi connectivity index (χ3n) is 1.73. The first kappa shape index (κ1) is 8.53. The van der Waals surface area contributed by atoms with Gasteiger partial charge in [0.05, 0.1) is 0 Å². The molecule has 2 nitrogen and oxygen atoms in total. The molecule has 0 aromatic heterocycles. The van der Waals surface area contributed by atoms with E-state index < -0.39 is 0 Å². The molecule has 3 N–H and O–H groups in total. The second kappa shape index (κ2) is 3.72. The van der Waals surface area contributed by atoms with Gasteiger partial charge in [0.2, 0.25) is 0 Å². The summed E-state index contributed by atoms with van der Waals surface area (Å²) in [4.78, 5) is 0. The van der Waals surface area contributed by atoms with Crippen LogP contribution in [0, 0.1) is 5.41 Å². The molecule has 0 aliphatic rings. The first-order chi connectivity index (χ1) is 5.75. The fourth-order valence-corrected chi connectivity index (χ4v) is 0.923. The first-order valence-electron chi connectivity index (χ1n) is 3.78. The molecule has 12 heavy (non-hydrogen) atoms. The lowest BCUT2D eigenvalue weighted by Gasteiger charge is -2.02. The third kappa shape index (κ3) is 1.72. The van der Waals surface area contributed by atoms with Gasteiger partial charge in [-0.2, -0.15) is 0 Å². The Hall–Kier alpha value is -1.57. The molecule has 0 bridgehead atoms. The molecule has 0 heterocycles. The summed E-state index contributed by atoms with van der Waals surface area (Å²) in [6.07, 6.45) is 1.27. The van der Waals surface area contributed by atoms with Gasteiger partial charge >= 0.3 is 0 Å². The maximum atomic E-state index is 7.03. The Balaban J connectivity index is 3.08. The third-order valence-corrected chi connectivity index (χ3v) is 1.73. The Morgan fingerprint density at radius 1 is 1.33 bits per heavy atom. The molecular formula is C10H12N2. The lowest BCUT2D eigenvalue weighted by Crippen LogP contribution is -1.99. The van der Waals surface area contributed by atoms with Crippen LogP contribution in [-0.4, -0.2) is 6.21 Å². The van der Waals surface area contributed by atoms with E-state index in [-0.39, 0.29) is 0 Å². The van der Waals surface area contributed by atoms with Crippen LogP contribution in [0.25, 0.3) is 5.70 Å². The van der Waals surface area contributed by atoms with Crippen LogP contribution in [0.1, 0.15) is 12.5 Å². The summed E-state index contributed by atoms with van der Waals surface area (Å²) >= 11 is 0. The van der Waals surface area contributed by atoms with Crippen molar-refractivity contribution in [3.8, 4) is 0 Å². The van der Waals surface area contributed by atoms with Gasteiger partial charge in [0.15, 0.2) is 0 Å². The van der Waals surface area contributed by atoms with E-state index in [1.807, 2.05) is 37.3 Å². The summed E-state index contributed by atoms with van der Waals surface area (Å²) in [6.45, 7) is 1.83. The second-order valence-corrected chi connectivity index (χ2v) is 2.61. The second-order valence-electron chi connectivity index (χ2n) is 2.61. The van der Waals surface area contributed by atoms with Gasteiger partial charge in [0.1, 0.15) is 0 Å². The fraction of sp³-hybridized carbons (Fsp3) is 0.100. The molecule has 0 saturated carbocycles. The highest BCUT2D eigenvalue weighted by Gasteiger charge is 1.96. The first-order valence-corrected chi connectivity index (χ1v) is 3.78. The molecule has 2 heteroatoms. The van der Waals surface area contributed by atoms with Crippen molar-refractivity contribution in [2.75, 3.05) is 0 Å². The summed E-state index contributed by atoms with van der Waals surface area (Å²) < 4.78 is 0. The van der Waals surface area contributed by atoms with Crippen LogP contribution in [0.5, 0.6) is 0 Å². The Kier molecular flexibility index (Phi) is 2.64. The molecule has 0 atom stereocenters. The lowest BCUT2D eigenvalue weighted by molar-refractivity contribution is 1.43. The number of nitrogens with one attached hydrogen (secondary N) is 1. The zero-order chi connectivity index (χ0) is 8.97. The molecule has 0 aliphatic carbocycles. The van der Waals surface area contributed by atoms with Gasteiger partial charge in [0.25, 0.3) is 0 Å². The van der Waals surface area contributed by atoms with Crippen LogP contribution < -0.4 is 5.73 Å². The quantitative estimate of drug-likeness (QED) is 0.639. The van der Waals surface area contributed by atoms with Gasteiger partial charge in [0, 0.05) is 11.9 Å². The van der Waals surface area contributed by atoms with Crippen molar-refractivity contribution in [2.45, 2.75) is 6.92 Å². The molecule has 62 valence electrons. The molecule has 1 rings (SSSR count). The topological polar surface area (TPSA) is 49.9 Å². The smallest absolute Gasteiger partial charge is 0.0432 e. The van der Waals surface area contributed by atoms with E-state index in [9.17, 15) is 0 Å². The Morgan fingerprint density at radius 2 is 1.92 bits per heavy atom. The van der Waals surface area contributed by atoms with Gasteiger partial charge in [-0.25, -0.2) is 0 Å². The van der Waals surface area contributed by atoms with Crippen LogP contribution >= 0.6 is 0 Å². The van der Waals surface area contributed by atoms with Crippen molar-refractivity contribution >= 4 is 11.9 Å². The molecule has 0 amide bonds. The van der Waals surface area contributed by atoms with Crippen molar-refractivity contribution in [1.82, 2.24) is 0 Å². The number of benzene rings is 1. The molecule has 0 saturated heterocycles. The monoisotopic (exact) mass is 160 g/mol. The van der Waals surface area contributed by atoms with Gasteiger partial charge in [-0.15, -0.1) is 0 Å². The Bertz CT molecular complexity index is 299. The number of hydrogen-bond acceptors (Lipinski definition) is 2. The zero-order valence-corrected chi connectivity index (χ0v) is 7.04. The average Bonchev–Trinajstić information content (AvgIpc) is 2.17. The molecule has 0 aliphatic heterocycles. The summed E-state index contributed by atoms with van der Waals surface area (Å²) in [5.74, 6) is 0. The molecular weight excluding hydrogens is 148 g/mol. The number of allylic oxidation sites excluding steroid dienone is 1. The Morgan fingerprint density at radius 3 is 2.42 bits per heavy atom. The normalized spacial score (nSPS) is 12.1. The van der Waals surface area contributed by atoms with Crippen molar-refractivity contribution in [3.05, 3.63) is 41.5 Å². The minimum Gasteiger partial charge on any atom is -0.398 e. The van der Waals surface area contributed by atoms with E-state index >= 15 is 0 Å². The lowest BCUT2D eigenvalue weighted by atomic mass is 10.1. The SMILES string of the molecule is C/C(C=N)=C(/N)c1ccccc1. The predicted octanol–water partition coefficient (Wildman–Crippen LogP) is 2.03. The maximum absolute atomic E-state index is 7.03. The Labute approximate surface area is 72.2 Å². The molecule has 0 radical (unpaired) electrons. The van der Waals surface area contributed by atoms with Crippen LogP contribution in [0.15, 0.2) is 35.9 Å². The zero-order valence-electron chi connectivity index (χ0n) is 7.04. The van der Waals surface area contributed by atoms with Crippen LogP contribution in [0.4, 0.5) is 0 Å². The van der Waals surface area contributed by atoms with E-state index in [4.69, 9.17) is 11.1 Å². The highest BCUT2D eigenvalue weighted by atomic mass is 14.6. The van der Waals surface area contributed by atoms with Crippen LogP contribution in [0.2, 0.25) is 0 Å². The summed E-state index contributed by atoms with van der Waals surface area (Å²) in [6, 6.07) is 9.67. The van der Waals surface area contributed by atoms with E-state index in [0.29, 0.717) is 5.70 Å². The van der Waals surface area contributed by atoms with Gasteiger partial charge in [-0.3, -0.25) is 0 Å². The van der Waals surface area contributed by atoms with Gasteiger partial charge < -0.3 is 11.1 Å². The maximum Gasteiger partial charge on any atom is 0.0432 e. The summed E-state index contributed by atoms with van der Waals surface area (Å²) in [7, 11) is 0. The average molecular weight is 160 g/mol. The molecule has 0 fully saturated rings. The summed E-state index contributed by atoms with van der Waals surface area (Å²) in [5.41, 5.74) is 8.21. The van der Waals surface area contributed by atoms with E-state index in [0.717, 1.165) is 11.1 Å². The van der Waals surface area contributed by atoms with E-state index in [2.05, 4.69) is 0 Å². The van der Waals surface area contributed by atoms with Crippen molar-refractivity contribution in [3.63, 3.8) is 0 Å². The fourth-order valence-electron chi connectivity index (χ4n) is 0.923. The standard InChI is InChI=1S/C10H12N2/c1-8(7-11)10(12)9-5-3-2-4-6-9/h2-7,11H,12H2,1H3/b10-8-,11-7?. The van der Waals surface area contributed by atoms with Gasteiger partial charge in [-0.1, -0.05) is 30.3 Å². The summed E-state index contributed by atoms with van der Waals surface area (Å²) in [5, 5.41) is 7.03. The number of rotatable bonds is 2. The van der Waals surface area contributed by atoms with Crippen LogP contribution in [-0.2, 0) is 0 Å². The number of hydrogen-bond donors (Lipinski definition) is 2. The molecule has 1 aromatic carbocycles. The largest absolute Gasteiger partial charge is 0.398 e. The van der Waals surface area contributed by atoms with Crippen molar-refractivity contribution in [1.29, 1.82) is 5.41 Å². The van der Waals surface area contributed by atoms with Crippen molar-refractivity contribution < 1.29 is 0 Å². The molecule has 1 aromatic rings. The highest BCUT2D eigenvalue weighted by Crippen LogP contribution is 2.10. The minimum atomic E-state index is 0.672.